The van der Waals surface area contributed by atoms with Crippen LogP contribution in [0.15, 0.2) is 24.5 Å². The van der Waals surface area contributed by atoms with Gasteiger partial charge in [0.2, 0.25) is 5.69 Å². The Morgan fingerprint density at radius 3 is 3.06 bits per heavy atom. The quantitative estimate of drug-likeness (QED) is 0.823. The third-order valence-electron chi connectivity index (χ3n) is 3.24. The molecular formula is C13H14N4O. The highest BCUT2D eigenvalue weighted by Crippen LogP contribution is 2.30. The molecule has 0 unspecified atom stereocenters. The monoisotopic (exact) mass is 242 g/mol. The van der Waals surface area contributed by atoms with E-state index in [0.717, 1.165) is 37.3 Å². The van der Waals surface area contributed by atoms with Crippen molar-refractivity contribution in [3.05, 3.63) is 35.9 Å². The lowest BCUT2D eigenvalue weighted by Crippen LogP contribution is -2.28. The Hall–Kier alpha value is -2.06. The number of nitrogens with one attached hydrogen (secondary N) is 1. The zero-order valence-corrected chi connectivity index (χ0v) is 9.97. The summed E-state index contributed by atoms with van der Waals surface area (Å²) >= 11 is 0. The van der Waals surface area contributed by atoms with Crippen molar-refractivity contribution in [3.8, 4) is 0 Å². The van der Waals surface area contributed by atoms with E-state index >= 15 is 0 Å². The number of rotatable bonds is 2. The molecule has 0 aliphatic carbocycles. The fourth-order valence-electron chi connectivity index (χ4n) is 2.26. The molecule has 0 radical (unpaired) electrons. The third-order valence-corrected chi connectivity index (χ3v) is 3.24. The number of fused-ring (bicyclic) bond motifs is 1. The zero-order chi connectivity index (χ0) is 12.4. The molecule has 0 amide bonds. The van der Waals surface area contributed by atoms with E-state index in [4.69, 9.17) is 11.3 Å². The van der Waals surface area contributed by atoms with Gasteiger partial charge in [0.25, 0.3) is 0 Å². The van der Waals surface area contributed by atoms with Crippen molar-refractivity contribution in [1.29, 1.82) is 0 Å². The van der Waals surface area contributed by atoms with Crippen LogP contribution in [-0.2, 0) is 4.74 Å². The molecular weight excluding hydrogens is 228 g/mol. The summed E-state index contributed by atoms with van der Waals surface area (Å²) < 4.78 is 7.14. The number of nitrogens with zero attached hydrogens (tertiary/aromatic N) is 3. The Morgan fingerprint density at radius 1 is 1.44 bits per heavy atom. The first-order chi connectivity index (χ1) is 8.88. The molecule has 1 saturated heterocycles. The van der Waals surface area contributed by atoms with Gasteiger partial charge in [-0.1, -0.05) is 0 Å². The molecule has 5 nitrogen and oxygen atoms in total. The lowest BCUT2D eigenvalue weighted by atomic mass is 10.1. The highest BCUT2D eigenvalue weighted by Gasteiger charge is 2.17. The molecule has 0 spiro atoms. The van der Waals surface area contributed by atoms with Gasteiger partial charge in [0.05, 0.1) is 24.0 Å². The standard InChI is InChI=1S/C13H14N4O/c1-14-11-9-15-17-6-2-3-12(17)13(11)16-10-4-7-18-8-5-10/h2-3,6,9-10,16H,4-5,7-8H2. The summed E-state index contributed by atoms with van der Waals surface area (Å²) in [7, 11) is 0. The normalized spacial score (nSPS) is 16.6. The number of ether oxygens (including phenoxy) is 1. The van der Waals surface area contributed by atoms with E-state index in [1.807, 2.05) is 18.3 Å². The van der Waals surface area contributed by atoms with Crippen molar-refractivity contribution in [2.75, 3.05) is 18.5 Å². The molecule has 3 heterocycles. The van der Waals surface area contributed by atoms with Crippen LogP contribution in [0.1, 0.15) is 12.8 Å². The first-order valence-corrected chi connectivity index (χ1v) is 6.06. The van der Waals surface area contributed by atoms with Gasteiger partial charge in [-0.3, -0.25) is 0 Å². The van der Waals surface area contributed by atoms with E-state index in [-0.39, 0.29) is 0 Å². The first-order valence-electron chi connectivity index (χ1n) is 6.06. The molecule has 3 rings (SSSR count). The Bertz CT molecular complexity index is 593. The molecule has 2 aromatic rings. The van der Waals surface area contributed by atoms with Gasteiger partial charge in [-0.15, -0.1) is 0 Å². The van der Waals surface area contributed by atoms with Crippen LogP contribution in [0.5, 0.6) is 0 Å². The second kappa shape index (κ2) is 4.67. The predicted molar refractivity (Wildman–Crippen MR) is 68.9 cm³/mol. The average molecular weight is 242 g/mol. The van der Waals surface area contributed by atoms with Gasteiger partial charge in [0.1, 0.15) is 0 Å². The molecule has 0 saturated carbocycles. The van der Waals surface area contributed by atoms with Crippen molar-refractivity contribution in [3.63, 3.8) is 0 Å². The maximum Gasteiger partial charge on any atom is 0.231 e. The van der Waals surface area contributed by atoms with E-state index in [1.54, 1.807) is 10.7 Å². The summed E-state index contributed by atoms with van der Waals surface area (Å²) in [5.74, 6) is 0. The smallest absolute Gasteiger partial charge is 0.231 e. The maximum absolute atomic E-state index is 7.24. The van der Waals surface area contributed by atoms with Gasteiger partial charge in [-0.2, -0.15) is 5.10 Å². The van der Waals surface area contributed by atoms with Crippen molar-refractivity contribution in [1.82, 2.24) is 9.61 Å². The molecule has 1 aliphatic heterocycles. The molecule has 1 aliphatic rings. The van der Waals surface area contributed by atoms with Crippen molar-refractivity contribution in [2.24, 2.45) is 0 Å². The number of anilines is 1. The van der Waals surface area contributed by atoms with Gasteiger partial charge >= 0.3 is 0 Å². The largest absolute Gasteiger partial charge is 0.389 e. The Labute approximate surface area is 105 Å². The van der Waals surface area contributed by atoms with Crippen molar-refractivity contribution in [2.45, 2.75) is 18.9 Å². The van der Waals surface area contributed by atoms with Crippen molar-refractivity contribution >= 4 is 16.9 Å². The molecule has 0 aromatic carbocycles. The predicted octanol–water partition coefficient (Wildman–Crippen LogP) is 2.48. The molecule has 1 N–H and O–H groups in total. The summed E-state index contributed by atoms with van der Waals surface area (Å²) in [5, 5.41) is 7.68. The average Bonchev–Trinajstić information content (AvgIpc) is 2.89. The summed E-state index contributed by atoms with van der Waals surface area (Å²) in [6.45, 7) is 8.81. The molecule has 2 aromatic heterocycles. The van der Waals surface area contributed by atoms with Gasteiger partial charge in [0.15, 0.2) is 0 Å². The van der Waals surface area contributed by atoms with E-state index in [1.165, 1.54) is 0 Å². The Morgan fingerprint density at radius 2 is 2.28 bits per heavy atom. The fraction of sp³-hybridized carbons (Fsp3) is 0.385. The van der Waals surface area contributed by atoms with E-state index in [2.05, 4.69) is 15.3 Å². The maximum atomic E-state index is 7.24. The topological polar surface area (TPSA) is 42.9 Å². The van der Waals surface area contributed by atoms with Crippen LogP contribution in [0.2, 0.25) is 0 Å². The van der Waals surface area contributed by atoms with Crippen LogP contribution in [0.25, 0.3) is 10.4 Å². The minimum Gasteiger partial charge on any atom is -0.389 e. The number of hydrogen-bond acceptors (Lipinski definition) is 3. The Kier molecular flexibility index (Phi) is 2.87. The Balaban J connectivity index is 1.97. The lowest BCUT2D eigenvalue weighted by Gasteiger charge is -2.25. The molecule has 92 valence electrons. The van der Waals surface area contributed by atoms with Gasteiger partial charge in [0, 0.05) is 25.5 Å². The van der Waals surface area contributed by atoms with Crippen LogP contribution in [0, 0.1) is 6.57 Å². The van der Waals surface area contributed by atoms with Gasteiger partial charge in [-0.25, -0.2) is 9.36 Å². The second-order valence-corrected chi connectivity index (χ2v) is 4.39. The molecule has 18 heavy (non-hydrogen) atoms. The van der Waals surface area contributed by atoms with Crippen molar-refractivity contribution < 1.29 is 4.74 Å². The van der Waals surface area contributed by atoms with E-state index in [9.17, 15) is 0 Å². The second-order valence-electron chi connectivity index (χ2n) is 4.39. The third kappa shape index (κ3) is 1.91. The molecule has 0 atom stereocenters. The minimum absolute atomic E-state index is 0.375. The summed E-state index contributed by atoms with van der Waals surface area (Å²) in [6, 6.07) is 4.29. The lowest BCUT2D eigenvalue weighted by molar-refractivity contribution is 0.0905. The molecule has 0 bridgehead atoms. The number of hydrogen-bond donors (Lipinski definition) is 1. The minimum atomic E-state index is 0.375. The summed E-state index contributed by atoms with van der Waals surface area (Å²) in [6.07, 6.45) is 5.46. The van der Waals surface area contributed by atoms with Crippen LogP contribution in [-0.4, -0.2) is 28.9 Å². The SMILES string of the molecule is [C-]#[N+]c1cnn2cccc2c1NC1CCOCC1. The van der Waals surface area contributed by atoms with Crippen LogP contribution in [0.4, 0.5) is 11.4 Å². The van der Waals surface area contributed by atoms with Crippen LogP contribution < -0.4 is 5.32 Å². The van der Waals surface area contributed by atoms with Crippen LogP contribution in [0.3, 0.4) is 0 Å². The summed E-state index contributed by atoms with van der Waals surface area (Å²) in [5.41, 5.74) is 2.42. The van der Waals surface area contributed by atoms with Crippen LogP contribution >= 0.6 is 0 Å². The first kappa shape index (κ1) is 11.1. The fourth-order valence-corrected chi connectivity index (χ4v) is 2.26. The van der Waals surface area contributed by atoms with E-state index in [0.29, 0.717) is 11.7 Å². The number of aromatic nitrogens is 2. The molecule has 5 heteroatoms. The van der Waals surface area contributed by atoms with E-state index < -0.39 is 0 Å². The highest BCUT2D eigenvalue weighted by atomic mass is 16.5. The van der Waals surface area contributed by atoms with Gasteiger partial charge in [-0.05, 0) is 25.0 Å². The van der Waals surface area contributed by atoms with Gasteiger partial charge < -0.3 is 10.1 Å². The molecule has 1 fully saturated rings. The summed E-state index contributed by atoms with van der Waals surface area (Å²) in [4.78, 5) is 3.55. The highest BCUT2D eigenvalue weighted by molar-refractivity contribution is 5.84. The zero-order valence-electron chi connectivity index (χ0n) is 9.97.